The van der Waals surface area contributed by atoms with Crippen molar-refractivity contribution in [2.24, 2.45) is 0 Å². The maximum Gasteiger partial charge on any atom is 0.289 e. The van der Waals surface area contributed by atoms with Crippen LogP contribution in [0.15, 0.2) is 58.3 Å². The van der Waals surface area contributed by atoms with E-state index in [1.54, 1.807) is 36.8 Å². The Labute approximate surface area is 151 Å². The van der Waals surface area contributed by atoms with Gasteiger partial charge < -0.3 is 13.9 Å². The molecule has 2 aromatic heterocycles. The van der Waals surface area contributed by atoms with E-state index in [4.69, 9.17) is 4.42 Å². The monoisotopic (exact) mass is 351 g/mol. The number of likely N-dealkylation sites (tertiary alicyclic amines) is 1. The number of hydrogen-bond donors (Lipinski definition) is 0. The van der Waals surface area contributed by atoms with Gasteiger partial charge in [0.05, 0.1) is 11.7 Å². The van der Waals surface area contributed by atoms with E-state index >= 15 is 0 Å². The van der Waals surface area contributed by atoms with Crippen molar-refractivity contribution in [3.05, 3.63) is 65.0 Å². The van der Waals surface area contributed by atoms with Crippen molar-refractivity contribution in [3.8, 4) is 0 Å². The van der Waals surface area contributed by atoms with Crippen LogP contribution in [-0.2, 0) is 6.54 Å². The number of piperidine rings is 1. The van der Waals surface area contributed by atoms with Crippen molar-refractivity contribution in [3.63, 3.8) is 0 Å². The summed E-state index contributed by atoms with van der Waals surface area (Å²) in [7, 11) is 0. The molecule has 26 heavy (non-hydrogen) atoms. The predicted molar refractivity (Wildman–Crippen MR) is 98.0 cm³/mol. The number of fused-ring (bicyclic) bond motifs is 1. The molecular weight excluding hydrogens is 330 g/mol. The van der Waals surface area contributed by atoms with Crippen LogP contribution in [0, 0.1) is 0 Å². The molecule has 1 atom stereocenters. The molecule has 1 amide bonds. The molecule has 1 aromatic carbocycles. The Kier molecular flexibility index (Phi) is 4.56. The SMILES string of the molecule is O=C(c1cc(=O)c2ccccc2o1)N1CCCC[C@H]1CCn1ccnc1. The number of para-hydroxylation sites is 1. The lowest BCUT2D eigenvalue weighted by atomic mass is 9.98. The highest BCUT2D eigenvalue weighted by Gasteiger charge is 2.29. The van der Waals surface area contributed by atoms with Crippen LogP contribution < -0.4 is 5.43 Å². The van der Waals surface area contributed by atoms with E-state index in [9.17, 15) is 9.59 Å². The maximum absolute atomic E-state index is 13.0. The van der Waals surface area contributed by atoms with Gasteiger partial charge in [0.25, 0.3) is 5.91 Å². The van der Waals surface area contributed by atoms with Crippen LogP contribution in [-0.4, -0.2) is 32.9 Å². The Bertz CT molecular complexity index is 962. The van der Waals surface area contributed by atoms with Gasteiger partial charge in [-0.25, -0.2) is 4.98 Å². The van der Waals surface area contributed by atoms with Gasteiger partial charge in [-0.2, -0.15) is 0 Å². The third-order valence-corrected chi connectivity index (χ3v) is 5.01. The first-order valence-electron chi connectivity index (χ1n) is 9.02. The van der Waals surface area contributed by atoms with Gasteiger partial charge in [0.2, 0.25) is 0 Å². The first-order chi connectivity index (χ1) is 12.7. The number of carbonyl (C=O) groups is 1. The molecule has 6 nitrogen and oxygen atoms in total. The molecular formula is C20H21N3O3. The van der Waals surface area contributed by atoms with E-state index in [-0.39, 0.29) is 23.1 Å². The number of aryl methyl sites for hydroxylation is 1. The fraction of sp³-hybridized carbons (Fsp3) is 0.350. The molecule has 1 fully saturated rings. The van der Waals surface area contributed by atoms with E-state index < -0.39 is 0 Å². The number of imidazole rings is 1. The molecule has 0 bridgehead atoms. The third kappa shape index (κ3) is 3.27. The van der Waals surface area contributed by atoms with E-state index in [1.807, 2.05) is 15.7 Å². The summed E-state index contributed by atoms with van der Waals surface area (Å²) in [5.74, 6) is -0.0635. The molecule has 6 heteroatoms. The highest BCUT2D eigenvalue weighted by Crippen LogP contribution is 2.23. The fourth-order valence-corrected chi connectivity index (χ4v) is 3.64. The molecule has 4 rings (SSSR count). The number of hydrogen-bond acceptors (Lipinski definition) is 4. The summed E-state index contributed by atoms with van der Waals surface area (Å²) in [5, 5.41) is 0.499. The Morgan fingerprint density at radius 2 is 2.15 bits per heavy atom. The topological polar surface area (TPSA) is 68.3 Å². The highest BCUT2D eigenvalue weighted by atomic mass is 16.3. The summed E-state index contributed by atoms with van der Waals surface area (Å²) in [6, 6.07) is 8.50. The van der Waals surface area contributed by atoms with Crippen molar-refractivity contribution < 1.29 is 9.21 Å². The molecule has 0 aliphatic carbocycles. The highest BCUT2D eigenvalue weighted by molar-refractivity contribution is 5.93. The second-order valence-corrected chi connectivity index (χ2v) is 6.71. The van der Waals surface area contributed by atoms with Gasteiger partial charge in [0.1, 0.15) is 5.58 Å². The Balaban J connectivity index is 1.57. The minimum absolute atomic E-state index is 0.128. The number of amides is 1. The first kappa shape index (κ1) is 16.6. The minimum atomic E-state index is -0.191. The van der Waals surface area contributed by atoms with Crippen molar-refractivity contribution in [2.75, 3.05) is 6.54 Å². The molecule has 134 valence electrons. The van der Waals surface area contributed by atoms with Gasteiger partial charge in [0, 0.05) is 37.6 Å². The third-order valence-electron chi connectivity index (χ3n) is 5.01. The van der Waals surface area contributed by atoms with Crippen LogP contribution in [0.5, 0.6) is 0 Å². The lowest BCUT2D eigenvalue weighted by molar-refractivity contribution is 0.0563. The van der Waals surface area contributed by atoms with Crippen LogP contribution in [0.3, 0.4) is 0 Å². The van der Waals surface area contributed by atoms with Gasteiger partial charge in [-0.1, -0.05) is 12.1 Å². The molecule has 0 spiro atoms. The summed E-state index contributed by atoms with van der Waals surface area (Å²) >= 11 is 0. The van der Waals surface area contributed by atoms with Gasteiger partial charge >= 0.3 is 0 Å². The molecule has 3 aromatic rings. The zero-order chi connectivity index (χ0) is 17.9. The Hall–Kier alpha value is -2.89. The van der Waals surface area contributed by atoms with Gasteiger partial charge in [-0.3, -0.25) is 9.59 Å². The fourth-order valence-electron chi connectivity index (χ4n) is 3.64. The summed E-state index contributed by atoms with van der Waals surface area (Å²) in [4.78, 5) is 31.3. The predicted octanol–water partition coefficient (Wildman–Crippen LogP) is 3.07. The Morgan fingerprint density at radius 1 is 1.27 bits per heavy atom. The van der Waals surface area contributed by atoms with Gasteiger partial charge in [-0.05, 0) is 37.8 Å². The lowest BCUT2D eigenvalue weighted by Gasteiger charge is -2.35. The van der Waals surface area contributed by atoms with Crippen LogP contribution in [0.2, 0.25) is 0 Å². The van der Waals surface area contributed by atoms with E-state index in [0.29, 0.717) is 17.5 Å². The summed E-state index contributed by atoms with van der Waals surface area (Å²) in [6.45, 7) is 1.51. The zero-order valence-electron chi connectivity index (χ0n) is 14.5. The number of nitrogens with zero attached hydrogens (tertiary/aromatic N) is 3. The van der Waals surface area contributed by atoms with Crippen LogP contribution >= 0.6 is 0 Å². The van der Waals surface area contributed by atoms with Crippen LogP contribution in [0.4, 0.5) is 0 Å². The number of carbonyl (C=O) groups excluding carboxylic acids is 1. The summed E-state index contributed by atoms with van der Waals surface area (Å²) in [5.41, 5.74) is 0.275. The lowest BCUT2D eigenvalue weighted by Crippen LogP contribution is -2.44. The maximum atomic E-state index is 13.0. The summed E-state index contributed by atoms with van der Waals surface area (Å²) in [6.07, 6.45) is 9.39. The molecule has 0 N–H and O–H groups in total. The largest absolute Gasteiger partial charge is 0.451 e. The van der Waals surface area contributed by atoms with E-state index in [2.05, 4.69) is 4.98 Å². The quantitative estimate of drug-likeness (QED) is 0.724. The molecule has 0 unspecified atom stereocenters. The average molecular weight is 351 g/mol. The van der Waals surface area contributed by atoms with Crippen molar-refractivity contribution in [1.29, 1.82) is 0 Å². The number of benzene rings is 1. The van der Waals surface area contributed by atoms with Gasteiger partial charge in [-0.15, -0.1) is 0 Å². The zero-order valence-corrected chi connectivity index (χ0v) is 14.5. The molecule has 1 aliphatic heterocycles. The van der Waals surface area contributed by atoms with Crippen LogP contribution in [0.25, 0.3) is 11.0 Å². The van der Waals surface area contributed by atoms with Crippen molar-refractivity contribution in [1.82, 2.24) is 14.5 Å². The van der Waals surface area contributed by atoms with E-state index in [1.165, 1.54) is 6.07 Å². The number of rotatable bonds is 4. The minimum Gasteiger partial charge on any atom is -0.451 e. The van der Waals surface area contributed by atoms with Crippen molar-refractivity contribution in [2.45, 2.75) is 38.3 Å². The average Bonchev–Trinajstić information content (AvgIpc) is 3.20. The standard InChI is InChI=1S/C20H21N3O3/c24-17-13-19(26-18-7-2-1-6-16(17)18)20(25)23-10-4-3-5-15(23)8-11-22-12-9-21-14-22/h1-2,6-7,9,12-15H,3-5,8,10-11H2/t15-/m0/s1. The molecule has 1 aliphatic rings. The molecule has 3 heterocycles. The van der Waals surface area contributed by atoms with Crippen LogP contribution in [0.1, 0.15) is 36.2 Å². The number of aromatic nitrogens is 2. The molecule has 0 radical (unpaired) electrons. The van der Waals surface area contributed by atoms with Gasteiger partial charge in [0.15, 0.2) is 11.2 Å². The smallest absolute Gasteiger partial charge is 0.289 e. The normalized spacial score (nSPS) is 17.5. The second kappa shape index (κ2) is 7.15. The molecule has 1 saturated heterocycles. The second-order valence-electron chi connectivity index (χ2n) is 6.71. The first-order valence-corrected chi connectivity index (χ1v) is 9.02. The molecule has 0 saturated carbocycles. The van der Waals surface area contributed by atoms with E-state index in [0.717, 1.165) is 32.2 Å². The Morgan fingerprint density at radius 3 is 3.00 bits per heavy atom. The van der Waals surface area contributed by atoms with Crippen molar-refractivity contribution >= 4 is 16.9 Å². The summed E-state index contributed by atoms with van der Waals surface area (Å²) < 4.78 is 7.77.